The van der Waals surface area contributed by atoms with Crippen LogP contribution in [0.5, 0.6) is 0 Å². The molecule has 7 heteroatoms. The number of nitrogens with one attached hydrogen (secondary N) is 2. The molecular formula is C22H23N5O2. The minimum Gasteiger partial charge on any atom is -0.397 e. The third-order valence-electron chi connectivity index (χ3n) is 4.91. The number of nitrogens with zero attached hydrogens (tertiary/aromatic N) is 2. The fourth-order valence-corrected chi connectivity index (χ4v) is 2.98. The molecule has 1 heterocycles. The third-order valence-corrected chi connectivity index (χ3v) is 4.91. The lowest BCUT2D eigenvalue weighted by molar-refractivity contribution is 0.0951. The van der Waals surface area contributed by atoms with E-state index < -0.39 is 0 Å². The number of amides is 2. The van der Waals surface area contributed by atoms with Crippen molar-refractivity contribution in [3.8, 4) is 0 Å². The summed E-state index contributed by atoms with van der Waals surface area (Å²) < 4.78 is 1.71. The molecule has 0 radical (unpaired) electrons. The van der Waals surface area contributed by atoms with Gasteiger partial charge in [-0.25, -0.2) is 0 Å². The molecule has 1 aliphatic carbocycles. The second kappa shape index (κ2) is 8.18. The number of benzene rings is 2. The van der Waals surface area contributed by atoms with Gasteiger partial charge in [0.2, 0.25) is 0 Å². The average molecular weight is 389 g/mol. The summed E-state index contributed by atoms with van der Waals surface area (Å²) in [5.41, 5.74) is 9.05. The van der Waals surface area contributed by atoms with Gasteiger partial charge >= 0.3 is 0 Å². The Hall–Kier alpha value is -3.61. The molecular weight excluding hydrogens is 366 g/mol. The number of para-hydroxylation sites is 2. The van der Waals surface area contributed by atoms with Crippen LogP contribution in [0, 0.1) is 5.92 Å². The van der Waals surface area contributed by atoms with Gasteiger partial charge in [0.05, 0.1) is 29.7 Å². The summed E-state index contributed by atoms with van der Waals surface area (Å²) in [7, 11) is 0. The number of anilines is 2. The van der Waals surface area contributed by atoms with Crippen molar-refractivity contribution in [3.05, 3.63) is 77.6 Å². The molecule has 2 aromatic carbocycles. The molecule has 0 bridgehead atoms. The molecule has 148 valence electrons. The Morgan fingerprint density at radius 2 is 1.79 bits per heavy atom. The van der Waals surface area contributed by atoms with Crippen molar-refractivity contribution in [3.63, 3.8) is 0 Å². The smallest absolute Gasteiger partial charge is 0.255 e. The molecule has 0 saturated heterocycles. The molecule has 0 aliphatic heterocycles. The number of hydrogen-bond donors (Lipinski definition) is 3. The monoisotopic (exact) mass is 389 g/mol. The first-order valence-electron chi connectivity index (χ1n) is 9.64. The van der Waals surface area contributed by atoms with Gasteiger partial charge in [-0.15, -0.1) is 0 Å². The molecule has 4 rings (SSSR count). The van der Waals surface area contributed by atoms with Crippen molar-refractivity contribution in [2.45, 2.75) is 19.4 Å². The minimum atomic E-state index is -0.219. The van der Waals surface area contributed by atoms with Crippen molar-refractivity contribution >= 4 is 23.2 Å². The van der Waals surface area contributed by atoms with E-state index in [9.17, 15) is 9.59 Å². The minimum absolute atomic E-state index is 0.0876. The summed E-state index contributed by atoms with van der Waals surface area (Å²) in [6.45, 7) is 1.26. The van der Waals surface area contributed by atoms with Gasteiger partial charge in [-0.3, -0.25) is 14.3 Å². The molecule has 1 saturated carbocycles. The van der Waals surface area contributed by atoms with Crippen molar-refractivity contribution in [2.24, 2.45) is 5.92 Å². The van der Waals surface area contributed by atoms with E-state index in [0.29, 0.717) is 35.0 Å². The molecule has 3 aromatic rings. The number of aromatic nitrogens is 2. The van der Waals surface area contributed by atoms with Gasteiger partial charge in [-0.1, -0.05) is 24.3 Å². The Bertz CT molecular complexity index is 1020. The zero-order valence-corrected chi connectivity index (χ0v) is 16.0. The highest BCUT2D eigenvalue weighted by Gasteiger charge is 2.22. The maximum Gasteiger partial charge on any atom is 0.255 e. The molecule has 0 atom stereocenters. The Balaban J connectivity index is 1.35. The highest BCUT2D eigenvalue weighted by Crippen LogP contribution is 2.27. The van der Waals surface area contributed by atoms with Crippen molar-refractivity contribution in [2.75, 3.05) is 17.6 Å². The van der Waals surface area contributed by atoms with Crippen LogP contribution in [0.4, 0.5) is 11.4 Å². The van der Waals surface area contributed by atoms with Gasteiger partial charge in [0.25, 0.3) is 11.8 Å². The van der Waals surface area contributed by atoms with Gasteiger partial charge in [0.1, 0.15) is 0 Å². The molecule has 0 spiro atoms. The van der Waals surface area contributed by atoms with Crippen LogP contribution in [0.25, 0.3) is 0 Å². The average Bonchev–Trinajstić information content (AvgIpc) is 3.45. The second-order valence-electron chi connectivity index (χ2n) is 7.32. The zero-order valence-electron chi connectivity index (χ0n) is 16.0. The van der Waals surface area contributed by atoms with Crippen LogP contribution in [-0.4, -0.2) is 28.1 Å². The van der Waals surface area contributed by atoms with Crippen LogP contribution < -0.4 is 16.4 Å². The predicted molar refractivity (Wildman–Crippen MR) is 112 cm³/mol. The fraction of sp³-hybridized carbons (Fsp3) is 0.227. The Kier molecular flexibility index (Phi) is 5.29. The van der Waals surface area contributed by atoms with E-state index in [1.54, 1.807) is 41.3 Å². The highest BCUT2D eigenvalue weighted by molar-refractivity contribution is 6.05. The molecule has 2 amide bonds. The van der Waals surface area contributed by atoms with E-state index in [4.69, 9.17) is 5.73 Å². The first-order valence-corrected chi connectivity index (χ1v) is 9.64. The standard InChI is InChI=1S/C22H23N5O2/c23-19-3-1-2-4-20(19)26-22(29)17-9-7-16(8-10-17)13-27-14-18(12-25-27)21(28)24-11-15-5-6-15/h1-4,7-10,12,14-15H,5-6,11,13,23H2,(H,24,28)(H,26,29). The molecule has 7 nitrogen and oxygen atoms in total. The first kappa shape index (κ1) is 18.7. The summed E-state index contributed by atoms with van der Waals surface area (Å²) in [6, 6.07) is 14.4. The lowest BCUT2D eigenvalue weighted by atomic mass is 10.1. The van der Waals surface area contributed by atoms with Crippen LogP contribution in [-0.2, 0) is 6.54 Å². The summed E-state index contributed by atoms with van der Waals surface area (Å²) in [4.78, 5) is 24.5. The van der Waals surface area contributed by atoms with Crippen molar-refractivity contribution < 1.29 is 9.59 Å². The molecule has 4 N–H and O–H groups in total. The van der Waals surface area contributed by atoms with Crippen molar-refractivity contribution in [1.29, 1.82) is 0 Å². The molecule has 1 aromatic heterocycles. The summed E-state index contributed by atoms with van der Waals surface area (Å²) in [6.07, 6.45) is 5.72. The first-order chi connectivity index (χ1) is 14.1. The third kappa shape index (κ3) is 4.82. The Morgan fingerprint density at radius 1 is 1.03 bits per heavy atom. The fourth-order valence-electron chi connectivity index (χ4n) is 2.98. The Morgan fingerprint density at radius 3 is 2.52 bits per heavy atom. The number of nitrogens with two attached hydrogens (primary N) is 1. The van der Waals surface area contributed by atoms with E-state index in [2.05, 4.69) is 15.7 Å². The van der Waals surface area contributed by atoms with Crippen LogP contribution in [0.3, 0.4) is 0 Å². The SMILES string of the molecule is Nc1ccccc1NC(=O)c1ccc(Cn2cc(C(=O)NCC3CC3)cn2)cc1. The number of nitrogen functional groups attached to an aromatic ring is 1. The lowest BCUT2D eigenvalue weighted by Crippen LogP contribution is -2.25. The summed E-state index contributed by atoms with van der Waals surface area (Å²) >= 11 is 0. The molecule has 1 aliphatic rings. The number of carbonyl (C=O) groups is 2. The van der Waals surface area contributed by atoms with Gasteiger partial charge in [0.15, 0.2) is 0 Å². The lowest BCUT2D eigenvalue weighted by Gasteiger charge is -2.08. The van der Waals surface area contributed by atoms with E-state index in [1.807, 2.05) is 24.3 Å². The van der Waals surface area contributed by atoms with Gasteiger partial charge in [-0.2, -0.15) is 5.10 Å². The van der Waals surface area contributed by atoms with E-state index in [0.717, 1.165) is 12.1 Å². The summed E-state index contributed by atoms with van der Waals surface area (Å²) in [5.74, 6) is 0.335. The predicted octanol–water partition coefficient (Wildman–Crippen LogP) is 2.91. The number of rotatable bonds is 7. The van der Waals surface area contributed by atoms with Gasteiger partial charge < -0.3 is 16.4 Å². The topological polar surface area (TPSA) is 102 Å². The van der Waals surface area contributed by atoms with E-state index in [1.165, 1.54) is 12.8 Å². The molecule has 1 fully saturated rings. The molecule has 29 heavy (non-hydrogen) atoms. The maximum atomic E-state index is 12.4. The van der Waals surface area contributed by atoms with Crippen LogP contribution in [0.15, 0.2) is 60.9 Å². The summed E-state index contributed by atoms with van der Waals surface area (Å²) in [5, 5.41) is 10.0. The normalized spacial score (nSPS) is 13.1. The maximum absolute atomic E-state index is 12.4. The van der Waals surface area contributed by atoms with Gasteiger partial charge in [0, 0.05) is 18.3 Å². The molecule has 0 unspecified atom stereocenters. The van der Waals surface area contributed by atoms with Gasteiger partial charge in [-0.05, 0) is 48.6 Å². The van der Waals surface area contributed by atoms with Crippen LogP contribution in [0.1, 0.15) is 39.1 Å². The van der Waals surface area contributed by atoms with E-state index in [-0.39, 0.29) is 11.8 Å². The van der Waals surface area contributed by atoms with Crippen molar-refractivity contribution in [1.82, 2.24) is 15.1 Å². The zero-order chi connectivity index (χ0) is 20.2. The number of hydrogen-bond acceptors (Lipinski definition) is 4. The highest BCUT2D eigenvalue weighted by atomic mass is 16.2. The van der Waals surface area contributed by atoms with E-state index >= 15 is 0 Å². The Labute approximate surface area is 168 Å². The largest absolute Gasteiger partial charge is 0.397 e. The van der Waals surface area contributed by atoms with Crippen LogP contribution in [0.2, 0.25) is 0 Å². The van der Waals surface area contributed by atoms with Crippen LogP contribution >= 0.6 is 0 Å². The quantitative estimate of drug-likeness (QED) is 0.541. The number of carbonyl (C=O) groups excluding carboxylic acids is 2. The second-order valence-corrected chi connectivity index (χ2v) is 7.32.